The molecule has 0 saturated heterocycles. The highest BCUT2D eigenvalue weighted by atomic mass is 16.4. The van der Waals surface area contributed by atoms with Crippen LogP contribution >= 0.6 is 0 Å². The average Bonchev–Trinajstić information content (AvgIpc) is 2.16. The van der Waals surface area contributed by atoms with Crippen molar-refractivity contribution in [2.45, 2.75) is 13.3 Å². The molecular formula is C11H13NO2. The highest BCUT2D eigenvalue weighted by Crippen LogP contribution is 2.16. The zero-order chi connectivity index (χ0) is 10.6. The monoisotopic (exact) mass is 191 g/mol. The molecule has 3 heteroatoms. The topological polar surface area (TPSA) is 63.3 Å². The first-order valence-corrected chi connectivity index (χ1v) is 4.43. The van der Waals surface area contributed by atoms with Crippen molar-refractivity contribution in [1.82, 2.24) is 0 Å². The molecule has 3 nitrogen and oxygen atoms in total. The summed E-state index contributed by atoms with van der Waals surface area (Å²) < 4.78 is 0. The van der Waals surface area contributed by atoms with Crippen LogP contribution in [0.3, 0.4) is 0 Å². The van der Waals surface area contributed by atoms with E-state index in [1.807, 2.05) is 19.1 Å². The lowest BCUT2D eigenvalue weighted by atomic mass is 10.1. The van der Waals surface area contributed by atoms with Gasteiger partial charge in [0.05, 0.1) is 0 Å². The number of aliphatic carboxylic acids is 1. The summed E-state index contributed by atoms with van der Waals surface area (Å²) in [5, 5.41) is 8.46. The first kappa shape index (κ1) is 10.3. The van der Waals surface area contributed by atoms with Crippen LogP contribution in [-0.4, -0.2) is 11.1 Å². The van der Waals surface area contributed by atoms with Crippen molar-refractivity contribution in [3.05, 3.63) is 35.4 Å². The Labute approximate surface area is 82.9 Å². The van der Waals surface area contributed by atoms with Gasteiger partial charge in [0, 0.05) is 11.8 Å². The highest BCUT2D eigenvalue weighted by Gasteiger charge is 1.97. The van der Waals surface area contributed by atoms with E-state index in [-0.39, 0.29) is 0 Å². The molecular weight excluding hydrogens is 178 g/mol. The summed E-state index contributed by atoms with van der Waals surface area (Å²) in [5.74, 6) is -0.966. The molecule has 0 aromatic heterocycles. The van der Waals surface area contributed by atoms with Crippen LogP contribution in [0.2, 0.25) is 0 Å². The lowest BCUT2D eigenvalue weighted by molar-refractivity contribution is -0.131. The first-order chi connectivity index (χ1) is 6.63. The van der Waals surface area contributed by atoms with Crippen LogP contribution in [0.5, 0.6) is 0 Å². The molecule has 0 bridgehead atoms. The van der Waals surface area contributed by atoms with Gasteiger partial charge in [-0.15, -0.1) is 0 Å². The van der Waals surface area contributed by atoms with Gasteiger partial charge in [-0.25, -0.2) is 4.79 Å². The molecule has 0 spiro atoms. The molecule has 1 aromatic carbocycles. The van der Waals surface area contributed by atoms with Gasteiger partial charge in [0.1, 0.15) is 0 Å². The van der Waals surface area contributed by atoms with Gasteiger partial charge in [0.2, 0.25) is 0 Å². The van der Waals surface area contributed by atoms with E-state index in [1.54, 1.807) is 6.07 Å². The van der Waals surface area contributed by atoms with Crippen LogP contribution < -0.4 is 5.73 Å². The number of hydrogen-bond acceptors (Lipinski definition) is 2. The molecule has 0 aliphatic rings. The predicted octanol–water partition coefficient (Wildman–Crippen LogP) is 1.93. The molecule has 0 heterocycles. The van der Waals surface area contributed by atoms with Gasteiger partial charge in [0.15, 0.2) is 0 Å². The third-order valence-electron chi connectivity index (χ3n) is 1.96. The van der Waals surface area contributed by atoms with Crippen LogP contribution in [0.25, 0.3) is 6.08 Å². The van der Waals surface area contributed by atoms with Crippen molar-refractivity contribution in [1.29, 1.82) is 0 Å². The molecule has 0 radical (unpaired) electrons. The summed E-state index contributed by atoms with van der Waals surface area (Å²) >= 11 is 0. The van der Waals surface area contributed by atoms with Crippen LogP contribution in [0.15, 0.2) is 24.3 Å². The van der Waals surface area contributed by atoms with E-state index >= 15 is 0 Å². The lowest BCUT2D eigenvalue weighted by Gasteiger charge is -2.02. The van der Waals surface area contributed by atoms with Crippen molar-refractivity contribution < 1.29 is 9.90 Å². The van der Waals surface area contributed by atoms with Crippen molar-refractivity contribution >= 4 is 17.7 Å². The largest absolute Gasteiger partial charge is 0.478 e. The number of carboxylic acids is 1. The molecule has 0 aliphatic heterocycles. The Balaban J connectivity index is 3.00. The van der Waals surface area contributed by atoms with E-state index in [9.17, 15) is 4.79 Å². The maximum Gasteiger partial charge on any atom is 0.328 e. The van der Waals surface area contributed by atoms with E-state index in [0.29, 0.717) is 5.69 Å². The minimum absolute atomic E-state index is 0.597. The third kappa shape index (κ3) is 2.62. The average molecular weight is 191 g/mol. The molecule has 1 aromatic rings. The van der Waals surface area contributed by atoms with Gasteiger partial charge >= 0.3 is 5.97 Å². The Hall–Kier alpha value is -1.77. The van der Waals surface area contributed by atoms with Crippen molar-refractivity contribution in [3.63, 3.8) is 0 Å². The highest BCUT2D eigenvalue weighted by molar-refractivity contribution is 5.86. The van der Waals surface area contributed by atoms with E-state index in [2.05, 4.69) is 0 Å². The van der Waals surface area contributed by atoms with E-state index in [4.69, 9.17) is 10.8 Å². The maximum atomic E-state index is 10.3. The SMILES string of the molecule is CCc1ccc(N)c(C=CC(=O)O)c1. The third-order valence-corrected chi connectivity index (χ3v) is 1.96. The standard InChI is InChI=1S/C11H13NO2/c1-2-8-3-5-10(12)9(7-8)4-6-11(13)14/h3-7H,2,12H2,1H3,(H,13,14). The normalized spacial score (nSPS) is 10.6. The van der Waals surface area contributed by atoms with Crippen LogP contribution in [0.1, 0.15) is 18.1 Å². The zero-order valence-electron chi connectivity index (χ0n) is 8.03. The molecule has 0 amide bonds. The lowest BCUT2D eigenvalue weighted by Crippen LogP contribution is -1.92. The molecule has 0 saturated carbocycles. The number of nitrogens with two attached hydrogens (primary N) is 1. The van der Waals surface area contributed by atoms with Gasteiger partial charge < -0.3 is 10.8 Å². The fourth-order valence-corrected chi connectivity index (χ4v) is 1.15. The molecule has 0 fully saturated rings. The minimum atomic E-state index is -0.966. The second-order valence-electron chi connectivity index (χ2n) is 2.99. The van der Waals surface area contributed by atoms with Gasteiger partial charge in [-0.3, -0.25) is 0 Å². The van der Waals surface area contributed by atoms with Gasteiger partial charge in [-0.1, -0.05) is 13.0 Å². The number of anilines is 1. The smallest absolute Gasteiger partial charge is 0.328 e. The molecule has 0 atom stereocenters. The van der Waals surface area contributed by atoms with Crippen molar-refractivity contribution in [2.24, 2.45) is 0 Å². The molecule has 3 N–H and O–H groups in total. The summed E-state index contributed by atoms with van der Waals surface area (Å²) in [6.45, 7) is 2.04. The predicted molar refractivity (Wildman–Crippen MR) is 56.9 cm³/mol. The van der Waals surface area contributed by atoms with E-state index < -0.39 is 5.97 Å². The minimum Gasteiger partial charge on any atom is -0.478 e. The zero-order valence-corrected chi connectivity index (χ0v) is 8.03. The second-order valence-corrected chi connectivity index (χ2v) is 2.99. The van der Waals surface area contributed by atoms with Crippen LogP contribution in [-0.2, 0) is 11.2 Å². The van der Waals surface area contributed by atoms with Crippen molar-refractivity contribution in [3.8, 4) is 0 Å². The number of benzene rings is 1. The Morgan fingerprint density at radius 2 is 2.29 bits per heavy atom. The van der Waals surface area contributed by atoms with E-state index in [0.717, 1.165) is 23.6 Å². The maximum absolute atomic E-state index is 10.3. The Morgan fingerprint density at radius 3 is 2.86 bits per heavy atom. The second kappa shape index (κ2) is 4.46. The number of aryl methyl sites for hydroxylation is 1. The summed E-state index contributed by atoms with van der Waals surface area (Å²) in [5.41, 5.74) is 8.18. The van der Waals surface area contributed by atoms with Gasteiger partial charge in [-0.05, 0) is 35.8 Å². The molecule has 0 aliphatic carbocycles. The Kier molecular flexibility index (Phi) is 3.29. The Bertz CT molecular complexity index is 370. The number of carboxylic acid groups (broad SMARTS) is 1. The molecule has 74 valence electrons. The van der Waals surface area contributed by atoms with Crippen molar-refractivity contribution in [2.75, 3.05) is 5.73 Å². The summed E-state index contributed by atoms with van der Waals surface area (Å²) in [7, 11) is 0. The molecule has 0 unspecified atom stereocenters. The number of hydrogen-bond donors (Lipinski definition) is 2. The summed E-state index contributed by atoms with van der Waals surface area (Å²) in [6.07, 6.45) is 3.51. The quantitative estimate of drug-likeness (QED) is 0.566. The number of nitrogen functional groups attached to an aromatic ring is 1. The van der Waals surface area contributed by atoms with E-state index in [1.165, 1.54) is 6.08 Å². The fourth-order valence-electron chi connectivity index (χ4n) is 1.15. The fraction of sp³-hybridized carbons (Fsp3) is 0.182. The first-order valence-electron chi connectivity index (χ1n) is 4.43. The number of carbonyl (C=O) groups is 1. The van der Waals surface area contributed by atoms with Gasteiger partial charge in [-0.2, -0.15) is 0 Å². The Morgan fingerprint density at radius 1 is 1.57 bits per heavy atom. The summed E-state index contributed by atoms with van der Waals surface area (Å²) in [4.78, 5) is 10.3. The summed E-state index contributed by atoms with van der Waals surface area (Å²) in [6, 6.07) is 5.63. The molecule has 1 rings (SSSR count). The van der Waals surface area contributed by atoms with Crippen LogP contribution in [0, 0.1) is 0 Å². The van der Waals surface area contributed by atoms with Gasteiger partial charge in [0.25, 0.3) is 0 Å². The molecule has 14 heavy (non-hydrogen) atoms. The number of rotatable bonds is 3. The van der Waals surface area contributed by atoms with Crippen LogP contribution in [0.4, 0.5) is 5.69 Å².